The summed E-state index contributed by atoms with van der Waals surface area (Å²) >= 11 is 3.61. The molecule has 56 heavy (non-hydrogen) atoms. The molecule has 0 unspecified atom stereocenters. The van der Waals surface area contributed by atoms with Crippen molar-refractivity contribution in [3.05, 3.63) is 170 Å². The summed E-state index contributed by atoms with van der Waals surface area (Å²) in [5.74, 6) is 1.25. The van der Waals surface area contributed by atoms with Gasteiger partial charge in [0.1, 0.15) is 0 Å². The van der Waals surface area contributed by atoms with Gasteiger partial charge in [-0.05, 0) is 72.8 Å². The van der Waals surface area contributed by atoms with E-state index in [0.717, 1.165) is 73.2 Å². The van der Waals surface area contributed by atoms with E-state index < -0.39 is 0 Å². The Labute approximate surface area is 331 Å². The van der Waals surface area contributed by atoms with Gasteiger partial charge >= 0.3 is 0 Å². The van der Waals surface area contributed by atoms with Crippen molar-refractivity contribution >= 4 is 68.7 Å². The summed E-state index contributed by atoms with van der Waals surface area (Å²) in [5.41, 5.74) is 13.0. The average Bonchev–Trinajstić information content (AvgIpc) is 3.58. The molecule has 0 fully saturated rings. The van der Waals surface area contributed by atoms with Gasteiger partial charge in [0.25, 0.3) is 0 Å². The number of benzene rings is 7. The molecule has 0 saturated heterocycles. The SMILES string of the molecule is c1cc(-c2nc3c4c(nc(-c5cccc(N6c7ccccc7Sc7ccccc76)c5)nc4n2)-c2ccccc2-3)cc(N2c3ccccc3Sc3ccccc32)c1. The highest BCUT2D eigenvalue weighted by atomic mass is 32.2. The fraction of sp³-hybridized carbons (Fsp3) is 0. The molecule has 6 nitrogen and oxygen atoms in total. The van der Waals surface area contributed by atoms with Gasteiger partial charge in [-0.1, -0.05) is 121 Å². The molecule has 4 heterocycles. The fourth-order valence-electron chi connectivity index (χ4n) is 8.11. The lowest BCUT2D eigenvalue weighted by Gasteiger charge is -2.33. The minimum Gasteiger partial charge on any atom is -0.308 e. The zero-order valence-corrected chi connectivity index (χ0v) is 31.3. The zero-order valence-electron chi connectivity index (χ0n) is 29.7. The van der Waals surface area contributed by atoms with Crippen LogP contribution in [-0.4, -0.2) is 19.9 Å². The van der Waals surface area contributed by atoms with E-state index in [2.05, 4.69) is 180 Å². The van der Waals surface area contributed by atoms with E-state index in [0.29, 0.717) is 17.3 Å². The topological polar surface area (TPSA) is 58.0 Å². The Bertz CT molecular complexity index is 2800. The number of aromatic nitrogens is 4. The smallest absolute Gasteiger partial charge is 0.168 e. The lowest BCUT2D eigenvalue weighted by atomic mass is 10.1. The van der Waals surface area contributed by atoms with Crippen LogP contribution >= 0.6 is 23.5 Å². The first-order valence-corrected chi connectivity index (χ1v) is 20.1. The number of fused-ring (bicyclic) bond motifs is 7. The van der Waals surface area contributed by atoms with Gasteiger partial charge in [-0.3, -0.25) is 0 Å². The third-order valence-electron chi connectivity index (χ3n) is 10.6. The van der Waals surface area contributed by atoms with Gasteiger partial charge in [0.05, 0.1) is 39.5 Å². The normalized spacial score (nSPS) is 13.1. The molecule has 0 amide bonds. The second-order valence-corrected chi connectivity index (χ2v) is 16.0. The van der Waals surface area contributed by atoms with Crippen LogP contribution < -0.4 is 9.80 Å². The standard InChI is InChI=1S/C48H28N6S2/c1-2-18-34-33(17-1)44-43-45(34)50-47(30-14-12-16-32(28-30)54-37-21-5-9-25-41(37)56-42-26-10-6-22-38(42)54)52-48(43)51-46(49-44)29-13-11-15-31(27-29)53-35-19-3-7-23-39(35)55-40-24-8-4-20-36(40)53/h1-28H. The van der Waals surface area contributed by atoms with E-state index in [9.17, 15) is 0 Å². The Balaban J connectivity index is 1.01. The molecule has 0 saturated carbocycles. The Morgan fingerprint density at radius 2 is 0.732 bits per heavy atom. The van der Waals surface area contributed by atoms with Crippen LogP contribution in [0, 0.1) is 0 Å². The molecule has 1 aliphatic carbocycles. The third kappa shape index (κ3) is 4.86. The molecule has 3 aliphatic rings. The highest BCUT2D eigenvalue weighted by Gasteiger charge is 2.30. The molecule has 0 bridgehead atoms. The highest BCUT2D eigenvalue weighted by Crippen LogP contribution is 2.53. The quantitative estimate of drug-likeness (QED) is 0.176. The summed E-state index contributed by atoms with van der Waals surface area (Å²) in [6.45, 7) is 0. The maximum absolute atomic E-state index is 5.26. The monoisotopic (exact) mass is 752 g/mol. The van der Waals surface area contributed by atoms with Gasteiger partial charge in [-0.15, -0.1) is 0 Å². The molecule has 9 aromatic rings. The van der Waals surface area contributed by atoms with Crippen molar-refractivity contribution in [1.29, 1.82) is 0 Å². The van der Waals surface area contributed by atoms with Gasteiger partial charge in [-0.25, -0.2) is 19.9 Å². The van der Waals surface area contributed by atoms with Crippen molar-refractivity contribution in [2.45, 2.75) is 19.6 Å². The summed E-state index contributed by atoms with van der Waals surface area (Å²) in [6, 6.07) is 59.7. The summed E-state index contributed by atoms with van der Waals surface area (Å²) in [6.07, 6.45) is 0. The highest BCUT2D eigenvalue weighted by molar-refractivity contribution is 8.00. The van der Waals surface area contributed by atoms with Crippen molar-refractivity contribution < 1.29 is 0 Å². The first kappa shape index (κ1) is 31.6. The van der Waals surface area contributed by atoms with Crippen LogP contribution in [0.5, 0.6) is 0 Å². The molecule has 262 valence electrons. The van der Waals surface area contributed by atoms with Crippen LogP contribution in [-0.2, 0) is 0 Å². The number of anilines is 6. The average molecular weight is 753 g/mol. The summed E-state index contributed by atoms with van der Waals surface area (Å²) in [4.78, 5) is 30.5. The van der Waals surface area contributed by atoms with Gasteiger partial charge in [0, 0.05) is 53.2 Å². The minimum absolute atomic E-state index is 0.627. The van der Waals surface area contributed by atoms with Crippen LogP contribution in [0.1, 0.15) is 0 Å². The predicted octanol–water partition coefficient (Wildman–Crippen LogP) is 13.3. The predicted molar refractivity (Wildman–Crippen MR) is 228 cm³/mol. The van der Waals surface area contributed by atoms with Crippen LogP contribution in [0.15, 0.2) is 189 Å². The molecule has 2 aliphatic heterocycles. The largest absolute Gasteiger partial charge is 0.308 e. The molecule has 0 N–H and O–H groups in total. The summed E-state index contributed by atoms with van der Waals surface area (Å²) < 4.78 is 0. The molecule has 0 atom stereocenters. The third-order valence-corrected chi connectivity index (χ3v) is 12.8. The molecule has 2 aromatic heterocycles. The van der Waals surface area contributed by atoms with Gasteiger partial charge in [-0.2, -0.15) is 0 Å². The summed E-state index contributed by atoms with van der Waals surface area (Å²) in [5, 5.41) is 0.887. The molecule has 8 heteroatoms. The van der Waals surface area contributed by atoms with Crippen LogP contribution in [0.3, 0.4) is 0 Å². The number of para-hydroxylation sites is 4. The fourth-order valence-corrected chi connectivity index (χ4v) is 10.2. The molecule has 7 aromatic carbocycles. The van der Waals surface area contributed by atoms with Crippen LogP contribution in [0.25, 0.3) is 56.3 Å². The van der Waals surface area contributed by atoms with Gasteiger partial charge < -0.3 is 9.80 Å². The number of hydrogen-bond donors (Lipinski definition) is 0. The second-order valence-electron chi connectivity index (χ2n) is 13.9. The van der Waals surface area contributed by atoms with E-state index in [1.807, 2.05) is 0 Å². The lowest BCUT2D eigenvalue weighted by molar-refractivity contribution is 1.15. The number of rotatable bonds is 4. The molecular weight excluding hydrogens is 725 g/mol. The Morgan fingerprint density at radius 1 is 0.357 bits per heavy atom. The molecule has 12 rings (SSSR count). The van der Waals surface area contributed by atoms with E-state index in [1.165, 1.54) is 19.6 Å². The maximum atomic E-state index is 5.26. The van der Waals surface area contributed by atoms with Crippen molar-refractivity contribution in [2.24, 2.45) is 0 Å². The van der Waals surface area contributed by atoms with E-state index in [-0.39, 0.29) is 0 Å². The molecule has 0 spiro atoms. The van der Waals surface area contributed by atoms with Crippen molar-refractivity contribution in [1.82, 2.24) is 19.9 Å². The van der Waals surface area contributed by atoms with Gasteiger partial charge in [0.2, 0.25) is 0 Å². The Hall–Kier alpha value is -6.74. The lowest BCUT2D eigenvalue weighted by Crippen LogP contribution is -2.14. The Kier molecular flexibility index (Phi) is 6.99. The van der Waals surface area contributed by atoms with Crippen LogP contribution in [0.4, 0.5) is 34.1 Å². The minimum atomic E-state index is 0.627. The van der Waals surface area contributed by atoms with E-state index in [1.54, 1.807) is 23.5 Å². The maximum Gasteiger partial charge on any atom is 0.168 e. The van der Waals surface area contributed by atoms with Crippen molar-refractivity contribution in [2.75, 3.05) is 9.80 Å². The van der Waals surface area contributed by atoms with Gasteiger partial charge in [0.15, 0.2) is 17.3 Å². The van der Waals surface area contributed by atoms with Crippen LogP contribution in [0.2, 0.25) is 0 Å². The number of hydrogen-bond acceptors (Lipinski definition) is 8. The van der Waals surface area contributed by atoms with E-state index >= 15 is 0 Å². The second kappa shape index (κ2) is 12.4. The molecule has 0 radical (unpaired) electrons. The molecular formula is C48H28N6S2. The van der Waals surface area contributed by atoms with Crippen molar-refractivity contribution in [3.63, 3.8) is 0 Å². The summed E-state index contributed by atoms with van der Waals surface area (Å²) in [7, 11) is 0. The first-order valence-electron chi connectivity index (χ1n) is 18.5. The Morgan fingerprint density at radius 3 is 1.14 bits per heavy atom. The van der Waals surface area contributed by atoms with Crippen molar-refractivity contribution in [3.8, 4) is 45.3 Å². The first-order chi connectivity index (χ1) is 27.7. The number of nitrogens with zero attached hydrogens (tertiary/aromatic N) is 6. The zero-order chi connectivity index (χ0) is 36.7. The van der Waals surface area contributed by atoms with E-state index in [4.69, 9.17) is 19.9 Å².